The molecule has 0 amide bonds. The molecule has 1 heterocycles. The van der Waals surface area contributed by atoms with Gasteiger partial charge in [-0.05, 0) is 38.3 Å². The van der Waals surface area contributed by atoms with Gasteiger partial charge in [0, 0.05) is 11.9 Å². The molecule has 0 bridgehead atoms. The van der Waals surface area contributed by atoms with Crippen LogP contribution >= 0.6 is 0 Å². The third-order valence-corrected chi connectivity index (χ3v) is 2.41. The normalized spacial score (nSPS) is 11.8. The maximum Gasteiger partial charge on any atom is 0.0372 e. The van der Waals surface area contributed by atoms with Crippen molar-refractivity contribution in [1.82, 2.24) is 4.98 Å². The van der Waals surface area contributed by atoms with E-state index < -0.39 is 0 Å². The molecule has 0 N–H and O–H groups in total. The monoisotopic (exact) mass is 231 g/mol. The molecule has 17 heavy (non-hydrogen) atoms. The second-order valence-electron chi connectivity index (χ2n) is 4.57. The van der Waals surface area contributed by atoms with Gasteiger partial charge in [0.1, 0.15) is 0 Å². The van der Waals surface area contributed by atoms with Crippen molar-refractivity contribution in [3.05, 3.63) is 53.9 Å². The molecule has 0 spiro atoms. The van der Waals surface area contributed by atoms with Crippen LogP contribution < -0.4 is 0 Å². The molecule has 94 valence electrons. The molecule has 1 nitrogen and oxygen atoms in total. The Morgan fingerprint density at radius 3 is 2.41 bits per heavy atom. The minimum absolute atomic E-state index is 0.696. The minimum atomic E-state index is 0.696. The highest BCUT2D eigenvalue weighted by Crippen LogP contribution is 2.03. The minimum Gasteiger partial charge on any atom is -0.261 e. The van der Waals surface area contributed by atoms with E-state index in [1.165, 1.54) is 12.0 Å². The zero-order chi connectivity index (χ0) is 13.3. The standard InChI is InChI=1S/C9H16.C7H9N/c1-5-9(4)7-6-8(2)3;1-6-3-4-7(2)8-5-6/h6-7,9H,2,5H2,1,3-4H3;3-5H,1-2H3/b7-6-;. The molecule has 0 aliphatic carbocycles. The van der Waals surface area contributed by atoms with Gasteiger partial charge in [0.2, 0.25) is 0 Å². The molecule has 0 fully saturated rings. The number of hydrogen-bond donors (Lipinski definition) is 0. The molecule has 0 radical (unpaired) electrons. The van der Waals surface area contributed by atoms with Crippen LogP contribution in [0.25, 0.3) is 0 Å². The van der Waals surface area contributed by atoms with Crippen LogP contribution in [0.4, 0.5) is 0 Å². The van der Waals surface area contributed by atoms with Crippen LogP contribution in [0.5, 0.6) is 0 Å². The fourth-order valence-electron chi connectivity index (χ4n) is 1.01. The molecule has 0 aromatic carbocycles. The largest absolute Gasteiger partial charge is 0.261 e. The van der Waals surface area contributed by atoms with Gasteiger partial charge in [0.15, 0.2) is 0 Å². The first-order valence-corrected chi connectivity index (χ1v) is 6.18. The van der Waals surface area contributed by atoms with Gasteiger partial charge in [0.05, 0.1) is 0 Å². The Bertz CT molecular complexity index is 325. The van der Waals surface area contributed by atoms with Gasteiger partial charge in [-0.25, -0.2) is 0 Å². The van der Waals surface area contributed by atoms with Crippen molar-refractivity contribution in [2.45, 2.75) is 41.0 Å². The predicted molar refractivity (Wildman–Crippen MR) is 77.1 cm³/mol. The van der Waals surface area contributed by atoms with Gasteiger partial charge < -0.3 is 0 Å². The predicted octanol–water partition coefficient (Wildman–Crippen LogP) is 4.86. The highest BCUT2D eigenvalue weighted by atomic mass is 14.6. The lowest BCUT2D eigenvalue weighted by Gasteiger charge is -1.97. The smallest absolute Gasteiger partial charge is 0.0372 e. The van der Waals surface area contributed by atoms with Crippen molar-refractivity contribution in [3.63, 3.8) is 0 Å². The molecule has 1 heteroatoms. The lowest BCUT2D eigenvalue weighted by atomic mass is 10.1. The Kier molecular flexibility index (Phi) is 8.04. The molecular formula is C16H25N. The van der Waals surface area contributed by atoms with Gasteiger partial charge in [-0.15, -0.1) is 0 Å². The van der Waals surface area contributed by atoms with Crippen molar-refractivity contribution in [2.24, 2.45) is 5.92 Å². The number of rotatable bonds is 3. The van der Waals surface area contributed by atoms with E-state index in [-0.39, 0.29) is 0 Å². The summed E-state index contributed by atoms with van der Waals surface area (Å²) < 4.78 is 0. The first-order valence-electron chi connectivity index (χ1n) is 6.18. The average molecular weight is 231 g/mol. The number of hydrogen-bond acceptors (Lipinski definition) is 1. The number of pyridine rings is 1. The van der Waals surface area contributed by atoms with E-state index in [4.69, 9.17) is 0 Å². The fourth-order valence-corrected chi connectivity index (χ4v) is 1.01. The summed E-state index contributed by atoms with van der Waals surface area (Å²) in [5.74, 6) is 0.696. The molecule has 0 saturated carbocycles. The Morgan fingerprint density at radius 2 is 2.06 bits per heavy atom. The zero-order valence-corrected chi connectivity index (χ0v) is 11.8. The highest BCUT2D eigenvalue weighted by Gasteiger charge is 1.88. The summed E-state index contributed by atoms with van der Waals surface area (Å²) in [6, 6.07) is 4.07. The molecule has 0 aliphatic rings. The van der Waals surface area contributed by atoms with Crippen LogP contribution in [-0.2, 0) is 0 Å². The van der Waals surface area contributed by atoms with Crippen molar-refractivity contribution < 1.29 is 0 Å². The maximum absolute atomic E-state index is 4.08. The van der Waals surface area contributed by atoms with Gasteiger partial charge >= 0.3 is 0 Å². The molecule has 0 saturated heterocycles. The summed E-state index contributed by atoms with van der Waals surface area (Å²) in [5.41, 5.74) is 3.43. The molecule has 1 atom stereocenters. The second-order valence-corrected chi connectivity index (χ2v) is 4.57. The topological polar surface area (TPSA) is 12.9 Å². The van der Waals surface area contributed by atoms with Crippen molar-refractivity contribution in [3.8, 4) is 0 Å². The van der Waals surface area contributed by atoms with Crippen LogP contribution in [0, 0.1) is 19.8 Å². The number of aryl methyl sites for hydroxylation is 2. The quantitative estimate of drug-likeness (QED) is 0.677. The van der Waals surface area contributed by atoms with E-state index >= 15 is 0 Å². The highest BCUT2D eigenvalue weighted by molar-refractivity contribution is 5.11. The van der Waals surface area contributed by atoms with Gasteiger partial charge in [-0.1, -0.05) is 50.6 Å². The van der Waals surface area contributed by atoms with Crippen LogP contribution in [0.2, 0.25) is 0 Å². The Labute approximate surface area is 106 Å². The zero-order valence-electron chi connectivity index (χ0n) is 11.8. The van der Waals surface area contributed by atoms with Crippen LogP contribution in [-0.4, -0.2) is 4.98 Å². The van der Waals surface area contributed by atoms with Gasteiger partial charge in [-0.2, -0.15) is 0 Å². The number of aromatic nitrogens is 1. The van der Waals surface area contributed by atoms with Crippen LogP contribution in [0.1, 0.15) is 38.4 Å². The average Bonchev–Trinajstić information content (AvgIpc) is 2.30. The third kappa shape index (κ3) is 9.55. The lowest BCUT2D eigenvalue weighted by Crippen LogP contribution is -1.83. The summed E-state index contributed by atoms with van der Waals surface area (Å²) in [6.45, 7) is 14.2. The summed E-state index contributed by atoms with van der Waals surface area (Å²) in [6.07, 6.45) is 7.36. The molecule has 1 rings (SSSR count). The molecule has 1 unspecified atom stereocenters. The van der Waals surface area contributed by atoms with Gasteiger partial charge in [-0.3, -0.25) is 4.98 Å². The van der Waals surface area contributed by atoms with Crippen LogP contribution in [0.15, 0.2) is 42.6 Å². The van der Waals surface area contributed by atoms with E-state index in [1.54, 1.807) is 0 Å². The lowest BCUT2D eigenvalue weighted by molar-refractivity contribution is 0.698. The Balaban J connectivity index is 0.000000302. The first-order chi connectivity index (χ1) is 7.95. The Morgan fingerprint density at radius 1 is 1.41 bits per heavy atom. The van der Waals surface area contributed by atoms with E-state index in [9.17, 15) is 0 Å². The van der Waals surface area contributed by atoms with Crippen molar-refractivity contribution >= 4 is 0 Å². The maximum atomic E-state index is 4.08. The first kappa shape index (κ1) is 15.6. The molecule has 0 aliphatic heterocycles. The van der Waals surface area contributed by atoms with E-state index in [0.29, 0.717) is 5.92 Å². The number of nitrogens with zero attached hydrogens (tertiary/aromatic N) is 1. The number of allylic oxidation sites excluding steroid dienone is 3. The Hall–Kier alpha value is -1.37. The summed E-state index contributed by atoms with van der Waals surface area (Å²) in [5, 5.41) is 0. The van der Waals surface area contributed by atoms with E-state index in [2.05, 4.69) is 43.6 Å². The van der Waals surface area contributed by atoms with E-state index in [0.717, 1.165) is 11.3 Å². The van der Waals surface area contributed by atoms with Crippen molar-refractivity contribution in [2.75, 3.05) is 0 Å². The van der Waals surface area contributed by atoms with E-state index in [1.807, 2.05) is 33.0 Å². The molecular weight excluding hydrogens is 206 g/mol. The summed E-state index contributed by atoms with van der Waals surface area (Å²) >= 11 is 0. The van der Waals surface area contributed by atoms with Crippen molar-refractivity contribution in [1.29, 1.82) is 0 Å². The summed E-state index contributed by atoms with van der Waals surface area (Å²) in [7, 11) is 0. The molecule has 1 aromatic rings. The molecule has 1 aromatic heterocycles. The van der Waals surface area contributed by atoms with Crippen LogP contribution in [0.3, 0.4) is 0 Å². The summed E-state index contributed by atoms with van der Waals surface area (Å²) in [4.78, 5) is 4.08. The van der Waals surface area contributed by atoms with Gasteiger partial charge in [0.25, 0.3) is 0 Å². The fraction of sp³-hybridized carbons (Fsp3) is 0.438. The third-order valence-electron chi connectivity index (χ3n) is 2.41. The second kappa shape index (κ2) is 8.74. The SMILES string of the molecule is C=C(C)/C=C\C(C)CC.Cc1ccc(C)nc1.